The first-order valence-corrected chi connectivity index (χ1v) is 16.7. The number of hydrogen-bond donors (Lipinski definition) is 1. The van der Waals surface area contributed by atoms with Crippen LogP contribution in [-0.2, 0) is 9.53 Å². The lowest BCUT2D eigenvalue weighted by molar-refractivity contribution is -0.128. The van der Waals surface area contributed by atoms with Gasteiger partial charge in [-0.1, -0.05) is 24.3 Å². The van der Waals surface area contributed by atoms with Gasteiger partial charge < -0.3 is 20.1 Å². The lowest BCUT2D eigenvalue weighted by Crippen LogP contribution is -2.59. The number of anilines is 1. The van der Waals surface area contributed by atoms with Gasteiger partial charge in [0.25, 0.3) is 5.91 Å². The van der Waals surface area contributed by atoms with Crippen molar-refractivity contribution in [1.82, 2.24) is 34.7 Å². The van der Waals surface area contributed by atoms with Gasteiger partial charge in [-0.2, -0.15) is 10.2 Å². The minimum Gasteiger partial charge on any atom is -0.457 e. The number of likely N-dealkylation sites (tertiary alicyclic amines) is 1. The molecule has 3 saturated heterocycles. The molecule has 5 heterocycles. The first kappa shape index (κ1) is 32.6. The average Bonchev–Trinajstić information content (AvgIpc) is 3.48. The number of hydrogen-bond acceptors (Lipinski definition) is 9. The van der Waals surface area contributed by atoms with E-state index in [-0.39, 0.29) is 23.2 Å². The molecule has 7 rings (SSSR count). The number of para-hydroxylation sites is 1. The molecule has 0 spiro atoms. The van der Waals surface area contributed by atoms with Crippen molar-refractivity contribution < 1.29 is 18.7 Å². The number of amides is 1. The molecule has 2 N–H and O–H groups in total. The summed E-state index contributed by atoms with van der Waals surface area (Å²) in [7, 11) is 0. The van der Waals surface area contributed by atoms with Crippen LogP contribution in [0.3, 0.4) is 0 Å². The van der Waals surface area contributed by atoms with E-state index in [2.05, 4.69) is 38.7 Å². The number of aromatic nitrogens is 4. The monoisotopic (exact) mass is 665 g/mol. The molecule has 254 valence electrons. The summed E-state index contributed by atoms with van der Waals surface area (Å²) in [5, 5.41) is 13.8. The van der Waals surface area contributed by atoms with Crippen LogP contribution in [0.4, 0.5) is 10.1 Å². The highest BCUT2D eigenvalue weighted by molar-refractivity contribution is 5.99. The van der Waals surface area contributed by atoms with E-state index in [1.807, 2.05) is 24.3 Å². The van der Waals surface area contributed by atoms with E-state index in [9.17, 15) is 4.79 Å². The number of ether oxygens (including phenoxy) is 2. The number of piperazine rings is 1. The Morgan fingerprint density at radius 3 is 2.55 bits per heavy atom. The SMILES string of the molecule is [C-]#[N+]C(=CC(C)(C)N1CCN(C2COC2)CC1)C(=O)N1CCCC(n2nc(-c3ccc(Oc4ccccc4)cc3F)c3c(N)cnnc32)C1. The summed E-state index contributed by atoms with van der Waals surface area (Å²) in [4.78, 5) is 24.1. The summed E-state index contributed by atoms with van der Waals surface area (Å²) in [6.45, 7) is 18.1. The molecule has 1 atom stereocenters. The molecule has 13 heteroatoms. The number of nitrogens with zero attached hydrogens (tertiary/aromatic N) is 8. The highest BCUT2D eigenvalue weighted by atomic mass is 19.1. The van der Waals surface area contributed by atoms with Crippen molar-refractivity contribution in [2.75, 3.05) is 58.2 Å². The van der Waals surface area contributed by atoms with E-state index in [0.29, 0.717) is 65.9 Å². The molecule has 1 amide bonds. The molecule has 2 aromatic carbocycles. The smallest absolute Gasteiger partial charge is 0.252 e. The molecule has 3 fully saturated rings. The maximum absolute atomic E-state index is 15.7. The number of piperidine rings is 1. The van der Waals surface area contributed by atoms with Crippen molar-refractivity contribution in [1.29, 1.82) is 0 Å². The molecule has 0 bridgehead atoms. The van der Waals surface area contributed by atoms with Crippen LogP contribution in [0, 0.1) is 12.4 Å². The molecule has 0 radical (unpaired) electrons. The minimum atomic E-state index is -0.524. The summed E-state index contributed by atoms with van der Waals surface area (Å²) in [5.74, 6) is 0.117. The minimum absolute atomic E-state index is 0.107. The predicted octanol–water partition coefficient (Wildman–Crippen LogP) is 4.77. The van der Waals surface area contributed by atoms with E-state index in [1.54, 1.807) is 33.8 Å². The van der Waals surface area contributed by atoms with Crippen LogP contribution in [-0.4, -0.2) is 105 Å². The van der Waals surface area contributed by atoms with Crippen molar-refractivity contribution in [2.24, 2.45) is 0 Å². The van der Waals surface area contributed by atoms with Crippen LogP contribution < -0.4 is 10.5 Å². The van der Waals surface area contributed by atoms with Crippen LogP contribution in [0.1, 0.15) is 32.7 Å². The van der Waals surface area contributed by atoms with Crippen molar-refractivity contribution in [3.05, 3.63) is 83.7 Å². The molecule has 49 heavy (non-hydrogen) atoms. The molecule has 4 aromatic rings. The standard InChI is InChI=1S/C36H40FN9O3/c1-36(2,45-16-14-43(15-17-45)25-22-48-23-25)19-31(39-3)35(47)44-13-7-8-24(21-44)46-34-32(30(38)20-40-41-34)33(42-46)28-12-11-27(18-29(28)37)49-26-9-5-4-6-10-26/h4-6,9-12,18-20,24-25H,7-8,13-17,21-23H2,1-2H3,(H2,38,41). The lowest BCUT2D eigenvalue weighted by atomic mass is 9.98. The number of carbonyl (C=O) groups is 1. The summed E-state index contributed by atoms with van der Waals surface area (Å²) in [5.41, 5.74) is 7.33. The molecule has 0 saturated carbocycles. The summed E-state index contributed by atoms with van der Waals surface area (Å²) in [6.07, 6.45) is 4.65. The van der Waals surface area contributed by atoms with E-state index < -0.39 is 11.4 Å². The molecule has 12 nitrogen and oxygen atoms in total. The lowest BCUT2D eigenvalue weighted by Gasteiger charge is -2.47. The van der Waals surface area contributed by atoms with Crippen LogP contribution in [0.5, 0.6) is 11.5 Å². The molecule has 2 aromatic heterocycles. The van der Waals surface area contributed by atoms with Crippen LogP contribution in [0.15, 0.2) is 66.5 Å². The maximum atomic E-state index is 15.7. The quantitative estimate of drug-likeness (QED) is 0.210. The van der Waals surface area contributed by atoms with Gasteiger partial charge in [-0.05, 0) is 51.0 Å². The van der Waals surface area contributed by atoms with Gasteiger partial charge >= 0.3 is 0 Å². The van der Waals surface area contributed by atoms with Gasteiger partial charge in [0.15, 0.2) is 5.65 Å². The molecular formula is C36H40FN9O3. The third-order valence-electron chi connectivity index (χ3n) is 9.82. The van der Waals surface area contributed by atoms with Crippen LogP contribution in [0.25, 0.3) is 27.1 Å². The van der Waals surface area contributed by atoms with Gasteiger partial charge in [0.1, 0.15) is 23.0 Å². The Morgan fingerprint density at radius 1 is 1.08 bits per heavy atom. The molecule has 3 aliphatic heterocycles. The third kappa shape index (κ3) is 6.59. The fourth-order valence-corrected chi connectivity index (χ4v) is 6.98. The van der Waals surface area contributed by atoms with E-state index in [1.165, 1.54) is 12.3 Å². The second-order valence-electron chi connectivity index (χ2n) is 13.4. The topological polar surface area (TPSA) is 119 Å². The van der Waals surface area contributed by atoms with Crippen molar-refractivity contribution in [2.45, 2.75) is 44.3 Å². The Kier molecular flexibility index (Phi) is 9.02. The van der Waals surface area contributed by atoms with Gasteiger partial charge in [-0.25, -0.2) is 13.9 Å². The highest BCUT2D eigenvalue weighted by Gasteiger charge is 2.35. The second kappa shape index (κ2) is 13.5. The van der Waals surface area contributed by atoms with Crippen LogP contribution >= 0.6 is 0 Å². The zero-order chi connectivity index (χ0) is 34.1. The van der Waals surface area contributed by atoms with Crippen LogP contribution in [0.2, 0.25) is 0 Å². The summed E-state index contributed by atoms with van der Waals surface area (Å²) >= 11 is 0. The number of rotatable bonds is 8. The Balaban J connectivity index is 1.11. The highest BCUT2D eigenvalue weighted by Crippen LogP contribution is 2.37. The van der Waals surface area contributed by atoms with Gasteiger partial charge in [0, 0.05) is 56.4 Å². The van der Waals surface area contributed by atoms with Crippen molar-refractivity contribution in [3.63, 3.8) is 0 Å². The Hall–Kier alpha value is -4.90. The van der Waals surface area contributed by atoms with Gasteiger partial charge in [-0.3, -0.25) is 14.6 Å². The average molecular weight is 666 g/mol. The maximum Gasteiger partial charge on any atom is 0.252 e. The first-order chi connectivity index (χ1) is 23.7. The molecule has 1 unspecified atom stereocenters. The number of nitrogens with two attached hydrogens (primary N) is 1. The Labute approximate surface area is 284 Å². The fraction of sp³-hybridized carbons (Fsp3) is 0.417. The van der Waals surface area contributed by atoms with Gasteiger partial charge in [-0.15, -0.1) is 5.10 Å². The van der Waals surface area contributed by atoms with Crippen molar-refractivity contribution >= 4 is 22.6 Å². The largest absolute Gasteiger partial charge is 0.457 e. The summed E-state index contributed by atoms with van der Waals surface area (Å²) < 4.78 is 28.6. The molecule has 3 aliphatic rings. The van der Waals surface area contributed by atoms with Gasteiger partial charge in [0.05, 0.1) is 49.1 Å². The van der Waals surface area contributed by atoms with Gasteiger partial charge in [0.2, 0.25) is 5.70 Å². The molecule has 0 aliphatic carbocycles. The fourth-order valence-electron chi connectivity index (χ4n) is 6.98. The second-order valence-corrected chi connectivity index (χ2v) is 13.4. The number of fused-ring (bicyclic) bond motifs is 1. The number of nitrogen functional groups attached to an aromatic ring is 1. The van der Waals surface area contributed by atoms with E-state index in [4.69, 9.17) is 26.9 Å². The third-order valence-corrected chi connectivity index (χ3v) is 9.82. The number of benzene rings is 2. The van der Waals surface area contributed by atoms with E-state index in [0.717, 1.165) is 39.4 Å². The first-order valence-electron chi connectivity index (χ1n) is 16.7. The van der Waals surface area contributed by atoms with E-state index >= 15 is 4.39 Å². The predicted molar refractivity (Wildman–Crippen MR) is 183 cm³/mol. The van der Waals surface area contributed by atoms with Crippen molar-refractivity contribution in [3.8, 4) is 22.8 Å². The zero-order valence-corrected chi connectivity index (χ0v) is 27.8. The number of carbonyl (C=O) groups excluding carboxylic acids is 1. The molecular weight excluding hydrogens is 625 g/mol. The zero-order valence-electron chi connectivity index (χ0n) is 27.8. The number of halogens is 1. The summed E-state index contributed by atoms with van der Waals surface area (Å²) in [6, 6.07) is 14.0. The normalized spacial score (nSPS) is 19.8. The Bertz CT molecular complexity index is 1910. The Morgan fingerprint density at radius 2 is 1.86 bits per heavy atom.